The normalized spacial score (nSPS) is 20.7. The highest BCUT2D eigenvalue weighted by Gasteiger charge is 2.43. The lowest BCUT2D eigenvalue weighted by Crippen LogP contribution is -2.34. The molecule has 2 fully saturated rings. The third kappa shape index (κ3) is 5.79. The molecule has 1 saturated carbocycles. The van der Waals surface area contributed by atoms with Crippen molar-refractivity contribution in [3.63, 3.8) is 0 Å². The van der Waals surface area contributed by atoms with E-state index in [0.717, 1.165) is 50.9 Å². The third-order valence-electron chi connectivity index (χ3n) is 6.54. The van der Waals surface area contributed by atoms with E-state index in [4.69, 9.17) is 14.0 Å². The molecule has 2 heterocycles. The van der Waals surface area contributed by atoms with E-state index < -0.39 is 24.0 Å². The van der Waals surface area contributed by atoms with Crippen molar-refractivity contribution in [1.82, 2.24) is 10.1 Å². The lowest BCUT2D eigenvalue weighted by molar-refractivity contribution is -0.139. The monoisotopic (exact) mass is 465 g/mol. The molecule has 2 atom stereocenters. The molecule has 0 bridgehead atoms. The molecular weight excluding hydrogens is 436 g/mol. The standard InChI is InChI=1S/C23H29F2N3O5/c1-30-13-21-26-23(33-27-21)28-6-3-14(4-7-28)17-9-15(17)5-8-32-16-10-19(24)18(20(25)11-16)12-22(29)31-2/h10-11,14-15,17H,3-9,12-13H2,1-2H3. The molecule has 0 amide bonds. The molecule has 0 radical (unpaired) electrons. The van der Waals surface area contributed by atoms with Gasteiger partial charge in [0.1, 0.15) is 24.0 Å². The van der Waals surface area contributed by atoms with Gasteiger partial charge in [0, 0.05) is 37.9 Å². The van der Waals surface area contributed by atoms with Gasteiger partial charge in [0.25, 0.3) is 0 Å². The molecule has 1 aromatic heterocycles. The molecule has 2 aromatic rings. The Balaban J connectivity index is 1.19. The average Bonchev–Trinajstić information content (AvgIpc) is 3.43. The zero-order valence-corrected chi connectivity index (χ0v) is 18.9. The van der Waals surface area contributed by atoms with E-state index in [1.807, 2.05) is 0 Å². The highest BCUT2D eigenvalue weighted by atomic mass is 19.1. The zero-order chi connectivity index (χ0) is 23.4. The molecule has 8 nitrogen and oxygen atoms in total. The molecule has 0 N–H and O–H groups in total. The van der Waals surface area contributed by atoms with Gasteiger partial charge in [-0.25, -0.2) is 8.78 Å². The third-order valence-corrected chi connectivity index (χ3v) is 6.54. The number of ether oxygens (including phenoxy) is 3. The SMILES string of the molecule is COCc1noc(N2CCC(C3CC3CCOc3cc(F)c(CC(=O)OC)c(F)c3)CC2)n1. The number of nitrogens with zero attached hydrogens (tertiary/aromatic N) is 3. The molecule has 2 unspecified atom stereocenters. The summed E-state index contributed by atoms with van der Waals surface area (Å²) in [6, 6.07) is 2.80. The summed E-state index contributed by atoms with van der Waals surface area (Å²) in [4.78, 5) is 17.8. The maximum absolute atomic E-state index is 14.2. The van der Waals surface area contributed by atoms with E-state index in [1.54, 1.807) is 7.11 Å². The van der Waals surface area contributed by atoms with Gasteiger partial charge < -0.3 is 23.6 Å². The van der Waals surface area contributed by atoms with Crippen molar-refractivity contribution in [3.05, 3.63) is 35.2 Å². The van der Waals surface area contributed by atoms with Gasteiger partial charge >= 0.3 is 12.0 Å². The van der Waals surface area contributed by atoms with Crippen LogP contribution in [0.5, 0.6) is 5.75 Å². The fourth-order valence-corrected chi connectivity index (χ4v) is 4.64. The molecule has 4 rings (SSSR count). The lowest BCUT2D eigenvalue weighted by atomic mass is 9.90. The van der Waals surface area contributed by atoms with Gasteiger partial charge in [0.05, 0.1) is 20.1 Å². The first-order chi connectivity index (χ1) is 16.0. The number of rotatable bonds is 10. The van der Waals surface area contributed by atoms with E-state index in [-0.39, 0.29) is 11.3 Å². The van der Waals surface area contributed by atoms with Crippen LogP contribution in [0.1, 0.15) is 37.1 Å². The van der Waals surface area contributed by atoms with Crippen molar-refractivity contribution in [1.29, 1.82) is 0 Å². The Morgan fingerprint density at radius 1 is 1.21 bits per heavy atom. The van der Waals surface area contributed by atoms with Crippen LogP contribution in [-0.4, -0.2) is 50.0 Å². The first kappa shape index (κ1) is 23.4. The van der Waals surface area contributed by atoms with E-state index in [9.17, 15) is 13.6 Å². The summed E-state index contributed by atoms with van der Waals surface area (Å²) in [5.41, 5.74) is -0.307. The smallest absolute Gasteiger partial charge is 0.324 e. The number of carbonyl (C=O) groups is 1. The van der Waals surface area contributed by atoms with E-state index >= 15 is 0 Å². The van der Waals surface area contributed by atoms with Gasteiger partial charge in [-0.1, -0.05) is 5.16 Å². The Labute approximate surface area is 191 Å². The van der Waals surface area contributed by atoms with Gasteiger partial charge in [-0.2, -0.15) is 4.98 Å². The second-order valence-corrected chi connectivity index (χ2v) is 8.67. The van der Waals surface area contributed by atoms with Crippen LogP contribution in [0.2, 0.25) is 0 Å². The minimum Gasteiger partial charge on any atom is -0.493 e. The van der Waals surface area contributed by atoms with Gasteiger partial charge in [0.15, 0.2) is 5.82 Å². The molecule has 33 heavy (non-hydrogen) atoms. The van der Waals surface area contributed by atoms with Crippen molar-refractivity contribution in [2.45, 2.75) is 38.7 Å². The summed E-state index contributed by atoms with van der Waals surface area (Å²) in [5.74, 6) is 0.278. The summed E-state index contributed by atoms with van der Waals surface area (Å²) in [6.45, 7) is 2.51. The van der Waals surface area contributed by atoms with E-state index in [1.165, 1.54) is 7.11 Å². The number of halogens is 2. The molecule has 2 aliphatic rings. The molecule has 1 saturated heterocycles. The fraction of sp³-hybridized carbons (Fsp3) is 0.609. The van der Waals surface area contributed by atoms with Gasteiger partial charge in [-0.15, -0.1) is 0 Å². The Morgan fingerprint density at radius 3 is 2.61 bits per heavy atom. The maximum Gasteiger partial charge on any atom is 0.324 e. The van der Waals surface area contributed by atoms with Crippen LogP contribution in [-0.2, 0) is 27.3 Å². The Bertz CT molecular complexity index is 938. The van der Waals surface area contributed by atoms with Crippen molar-refractivity contribution in [2.24, 2.45) is 17.8 Å². The molecule has 0 spiro atoms. The molecule has 180 valence electrons. The number of carbonyl (C=O) groups excluding carboxylic acids is 1. The number of hydrogen-bond donors (Lipinski definition) is 0. The van der Waals surface area contributed by atoms with Crippen molar-refractivity contribution in [2.75, 3.05) is 38.8 Å². The van der Waals surface area contributed by atoms with Crippen molar-refractivity contribution < 1.29 is 32.3 Å². The van der Waals surface area contributed by atoms with Gasteiger partial charge in [-0.3, -0.25) is 4.79 Å². The fourth-order valence-electron chi connectivity index (χ4n) is 4.64. The summed E-state index contributed by atoms with van der Waals surface area (Å²) >= 11 is 0. The van der Waals surface area contributed by atoms with Crippen LogP contribution in [0, 0.1) is 29.4 Å². The van der Waals surface area contributed by atoms with Crippen LogP contribution in [0.15, 0.2) is 16.7 Å². The number of esters is 1. The van der Waals surface area contributed by atoms with Crippen LogP contribution < -0.4 is 9.64 Å². The number of aromatic nitrogens is 2. The van der Waals surface area contributed by atoms with E-state index in [2.05, 4.69) is 19.8 Å². The van der Waals surface area contributed by atoms with Crippen LogP contribution >= 0.6 is 0 Å². The average molecular weight is 465 g/mol. The van der Waals surface area contributed by atoms with E-state index in [0.29, 0.717) is 42.8 Å². The quantitative estimate of drug-likeness (QED) is 0.493. The Morgan fingerprint density at radius 2 is 1.94 bits per heavy atom. The number of benzene rings is 1. The molecule has 1 aromatic carbocycles. The number of hydrogen-bond acceptors (Lipinski definition) is 8. The predicted octanol–water partition coefficient (Wildman–Crippen LogP) is 3.53. The predicted molar refractivity (Wildman–Crippen MR) is 114 cm³/mol. The second kappa shape index (κ2) is 10.5. The number of methoxy groups -OCH3 is 2. The highest BCUT2D eigenvalue weighted by Crippen LogP contribution is 2.50. The topological polar surface area (TPSA) is 86.9 Å². The molecule has 1 aliphatic carbocycles. The molecule has 10 heteroatoms. The van der Waals surface area contributed by atoms with Crippen LogP contribution in [0.4, 0.5) is 14.8 Å². The Hall–Kier alpha value is -2.75. The first-order valence-electron chi connectivity index (χ1n) is 11.2. The van der Waals surface area contributed by atoms with Crippen LogP contribution in [0.3, 0.4) is 0 Å². The van der Waals surface area contributed by atoms with Crippen molar-refractivity contribution in [3.8, 4) is 5.75 Å². The summed E-state index contributed by atoms with van der Waals surface area (Å²) < 4.78 is 48.7. The molecule has 1 aliphatic heterocycles. The maximum atomic E-state index is 14.2. The highest BCUT2D eigenvalue weighted by molar-refractivity contribution is 5.72. The summed E-state index contributed by atoms with van der Waals surface area (Å²) in [7, 11) is 2.77. The van der Waals surface area contributed by atoms with Crippen LogP contribution in [0.25, 0.3) is 0 Å². The minimum absolute atomic E-state index is 0.136. The number of piperidine rings is 1. The van der Waals surface area contributed by atoms with Gasteiger partial charge in [-0.05, 0) is 43.4 Å². The first-order valence-corrected chi connectivity index (χ1v) is 11.2. The summed E-state index contributed by atoms with van der Waals surface area (Å²) in [5, 5.41) is 3.92. The van der Waals surface area contributed by atoms with Gasteiger partial charge in [0.2, 0.25) is 0 Å². The zero-order valence-electron chi connectivity index (χ0n) is 18.9. The largest absolute Gasteiger partial charge is 0.493 e. The minimum atomic E-state index is -0.804. The second-order valence-electron chi connectivity index (χ2n) is 8.67. The summed E-state index contributed by atoms with van der Waals surface area (Å²) in [6.07, 6.45) is 3.71. The lowest BCUT2D eigenvalue weighted by Gasteiger charge is -2.30. The number of anilines is 1. The molecular formula is C23H29F2N3O5. The van der Waals surface area contributed by atoms with Crippen molar-refractivity contribution >= 4 is 12.0 Å². The Kier molecular flexibility index (Phi) is 7.42.